The molecule has 0 bridgehead atoms. The first-order valence-corrected chi connectivity index (χ1v) is 9.61. The van der Waals surface area contributed by atoms with E-state index in [0.29, 0.717) is 13.0 Å². The van der Waals surface area contributed by atoms with Crippen molar-refractivity contribution in [1.82, 2.24) is 15.5 Å². The Kier molecular flexibility index (Phi) is 11.2. The molecule has 1 fully saturated rings. The second kappa shape index (κ2) is 12.8. The van der Waals surface area contributed by atoms with E-state index in [1.54, 1.807) is 0 Å². The number of carbonyl (C=O) groups is 1. The van der Waals surface area contributed by atoms with Gasteiger partial charge in [-0.25, -0.2) is 4.99 Å². The highest BCUT2D eigenvalue weighted by Gasteiger charge is 2.18. The van der Waals surface area contributed by atoms with Crippen LogP contribution in [-0.4, -0.2) is 55.6 Å². The maximum Gasteiger partial charge on any atom is 0.222 e. The zero-order valence-electron chi connectivity index (χ0n) is 16.7. The summed E-state index contributed by atoms with van der Waals surface area (Å²) in [5, 5.41) is 6.58. The lowest BCUT2D eigenvalue weighted by Gasteiger charge is -2.17. The molecule has 152 valence electrons. The summed E-state index contributed by atoms with van der Waals surface area (Å²) in [7, 11) is 0. The second-order valence-corrected chi connectivity index (χ2v) is 6.73. The number of carbonyl (C=O) groups excluding carboxylic acids is 1. The van der Waals surface area contributed by atoms with Crippen LogP contribution in [0.5, 0.6) is 5.75 Å². The van der Waals surface area contributed by atoms with Crippen molar-refractivity contribution in [3.05, 3.63) is 29.8 Å². The average molecular weight is 488 g/mol. The molecule has 1 heterocycles. The number of halogens is 1. The van der Waals surface area contributed by atoms with Crippen LogP contribution in [0.2, 0.25) is 0 Å². The molecule has 0 radical (unpaired) electrons. The van der Waals surface area contributed by atoms with Crippen molar-refractivity contribution in [3.63, 3.8) is 0 Å². The zero-order chi connectivity index (χ0) is 18.8. The first-order chi connectivity index (χ1) is 12.6. The number of guanidine groups is 1. The Hall–Kier alpha value is -1.51. The zero-order valence-corrected chi connectivity index (χ0v) is 19.0. The average Bonchev–Trinajstić information content (AvgIpc) is 3.01. The third-order valence-corrected chi connectivity index (χ3v) is 4.25. The maximum atomic E-state index is 11.6. The van der Waals surface area contributed by atoms with E-state index in [2.05, 4.69) is 28.6 Å². The summed E-state index contributed by atoms with van der Waals surface area (Å²) in [5.74, 6) is 1.95. The van der Waals surface area contributed by atoms with E-state index < -0.39 is 0 Å². The Bertz CT molecular complexity index is 609. The molecule has 0 saturated carbocycles. The van der Waals surface area contributed by atoms with Gasteiger partial charge in [-0.3, -0.25) is 4.79 Å². The van der Waals surface area contributed by atoms with Crippen molar-refractivity contribution >= 4 is 35.8 Å². The van der Waals surface area contributed by atoms with Crippen molar-refractivity contribution in [2.75, 3.05) is 32.7 Å². The van der Waals surface area contributed by atoms with Gasteiger partial charge >= 0.3 is 0 Å². The van der Waals surface area contributed by atoms with Gasteiger partial charge in [-0.05, 0) is 51.3 Å². The van der Waals surface area contributed by atoms with Crippen molar-refractivity contribution in [2.24, 2.45) is 4.99 Å². The normalized spacial score (nSPS) is 15.3. The minimum atomic E-state index is -0.00511. The van der Waals surface area contributed by atoms with Crippen LogP contribution < -0.4 is 15.4 Å². The highest BCUT2D eigenvalue weighted by atomic mass is 127. The number of aliphatic imine (C=N–C) groups is 1. The smallest absolute Gasteiger partial charge is 0.222 e. The number of hydrogen-bond donors (Lipinski definition) is 2. The molecule has 2 rings (SSSR count). The van der Waals surface area contributed by atoms with Gasteiger partial charge in [0.15, 0.2) is 5.96 Å². The number of ether oxygens (including phenoxy) is 1. The quantitative estimate of drug-likeness (QED) is 0.243. The van der Waals surface area contributed by atoms with Gasteiger partial charge in [0.25, 0.3) is 0 Å². The maximum absolute atomic E-state index is 11.6. The number of likely N-dealkylation sites (tertiary alicyclic amines) is 1. The van der Waals surface area contributed by atoms with Crippen LogP contribution in [0.3, 0.4) is 0 Å². The van der Waals surface area contributed by atoms with E-state index in [1.807, 2.05) is 36.9 Å². The van der Waals surface area contributed by atoms with Crippen LogP contribution in [0, 0.1) is 6.92 Å². The van der Waals surface area contributed by atoms with Gasteiger partial charge in [0, 0.05) is 32.6 Å². The van der Waals surface area contributed by atoms with Gasteiger partial charge in [0.1, 0.15) is 11.9 Å². The molecule has 1 aliphatic rings. The molecule has 1 atom stereocenters. The highest BCUT2D eigenvalue weighted by Crippen LogP contribution is 2.14. The van der Waals surface area contributed by atoms with Gasteiger partial charge in [-0.2, -0.15) is 0 Å². The molecule has 1 unspecified atom stereocenters. The topological polar surface area (TPSA) is 66.0 Å². The molecule has 7 heteroatoms. The molecular formula is C20H33IN4O2. The molecule has 6 nitrogen and oxygen atoms in total. The fraction of sp³-hybridized carbons (Fsp3) is 0.600. The Labute approximate surface area is 180 Å². The molecule has 0 aromatic heterocycles. The predicted molar refractivity (Wildman–Crippen MR) is 121 cm³/mol. The monoisotopic (exact) mass is 488 g/mol. The van der Waals surface area contributed by atoms with E-state index in [1.165, 1.54) is 5.56 Å². The summed E-state index contributed by atoms with van der Waals surface area (Å²) in [6.45, 7) is 10.0. The standard InChI is InChI=1S/C20H32N4O2.HI/c1-4-21-20(22-11-7-13-24-12-6-10-19(24)25)23-15-17(3)26-18-9-5-8-16(2)14-18;/h5,8-9,14,17H,4,6-7,10-13,15H2,1-3H3,(H2,21,22,23);1H. The van der Waals surface area contributed by atoms with E-state index in [4.69, 9.17) is 4.74 Å². The molecule has 27 heavy (non-hydrogen) atoms. The van der Waals surface area contributed by atoms with Gasteiger partial charge in [-0.1, -0.05) is 12.1 Å². The number of hydrogen-bond acceptors (Lipinski definition) is 3. The summed E-state index contributed by atoms with van der Waals surface area (Å²) in [6, 6.07) is 8.05. The van der Waals surface area contributed by atoms with Crippen LogP contribution in [0.1, 0.15) is 38.7 Å². The third-order valence-electron chi connectivity index (χ3n) is 4.25. The van der Waals surface area contributed by atoms with E-state index in [9.17, 15) is 4.79 Å². The molecule has 2 N–H and O–H groups in total. The van der Waals surface area contributed by atoms with Crippen molar-refractivity contribution < 1.29 is 9.53 Å². The minimum absolute atomic E-state index is 0. The number of rotatable bonds is 9. The minimum Gasteiger partial charge on any atom is -0.489 e. The van der Waals surface area contributed by atoms with Crippen molar-refractivity contribution in [2.45, 2.75) is 46.1 Å². The van der Waals surface area contributed by atoms with Crippen LogP contribution in [0.4, 0.5) is 0 Å². The Morgan fingerprint density at radius 2 is 2.19 bits per heavy atom. The number of benzene rings is 1. The number of aryl methyl sites for hydroxylation is 1. The Balaban J connectivity index is 0.00000364. The SMILES string of the molecule is CCNC(=NCC(C)Oc1cccc(C)c1)NCCCN1CCCC1=O.I. The molecular weight excluding hydrogens is 455 g/mol. The van der Waals surface area contributed by atoms with Gasteiger partial charge < -0.3 is 20.3 Å². The van der Waals surface area contributed by atoms with Crippen molar-refractivity contribution in [1.29, 1.82) is 0 Å². The Morgan fingerprint density at radius 1 is 1.37 bits per heavy atom. The summed E-state index contributed by atoms with van der Waals surface area (Å²) in [6.07, 6.45) is 2.62. The molecule has 1 amide bonds. The van der Waals surface area contributed by atoms with E-state index >= 15 is 0 Å². The molecule has 1 aromatic rings. The number of nitrogens with zero attached hydrogens (tertiary/aromatic N) is 2. The van der Waals surface area contributed by atoms with E-state index in [0.717, 1.165) is 50.7 Å². The lowest BCUT2D eigenvalue weighted by atomic mass is 10.2. The second-order valence-electron chi connectivity index (χ2n) is 6.73. The molecule has 0 aliphatic carbocycles. The van der Waals surface area contributed by atoms with Crippen LogP contribution in [0.25, 0.3) is 0 Å². The lowest BCUT2D eigenvalue weighted by molar-refractivity contribution is -0.127. The van der Waals surface area contributed by atoms with Gasteiger partial charge in [0.2, 0.25) is 5.91 Å². The number of amides is 1. The molecule has 0 spiro atoms. The molecule has 1 aromatic carbocycles. The fourth-order valence-corrected chi connectivity index (χ4v) is 2.94. The third kappa shape index (κ3) is 8.81. The molecule has 1 saturated heterocycles. The van der Waals surface area contributed by atoms with Crippen molar-refractivity contribution in [3.8, 4) is 5.75 Å². The van der Waals surface area contributed by atoms with Gasteiger partial charge in [0.05, 0.1) is 6.54 Å². The Morgan fingerprint density at radius 3 is 2.85 bits per heavy atom. The van der Waals surface area contributed by atoms with Crippen LogP contribution >= 0.6 is 24.0 Å². The van der Waals surface area contributed by atoms with E-state index in [-0.39, 0.29) is 36.0 Å². The fourth-order valence-electron chi connectivity index (χ4n) is 2.94. The summed E-state index contributed by atoms with van der Waals surface area (Å²) in [4.78, 5) is 18.2. The van der Waals surface area contributed by atoms with Crippen LogP contribution in [0.15, 0.2) is 29.3 Å². The molecule has 1 aliphatic heterocycles. The highest BCUT2D eigenvalue weighted by molar-refractivity contribution is 14.0. The number of nitrogens with one attached hydrogen (secondary N) is 2. The summed E-state index contributed by atoms with van der Waals surface area (Å²) in [5.41, 5.74) is 1.18. The summed E-state index contributed by atoms with van der Waals surface area (Å²) < 4.78 is 5.92. The lowest BCUT2D eigenvalue weighted by Crippen LogP contribution is -2.39. The first kappa shape index (κ1) is 23.5. The van der Waals surface area contributed by atoms with Gasteiger partial charge in [-0.15, -0.1) is 24.0 Å². The predicted octanol–water partition coefficient (Wildman–Crippen LogP) is 2.95. The largest absolute Gasteiger partial charge is 0.489 e. The first-order valence-electron chi connectivity index (χ1n) is 9.61. The van der Waals surface area contributed by atoms with Crippen LogP contribution in [-0.2, 0) is 4.79 Å². The summed E-state index contributed by atoms with van der Waals surface area (Å²) >= 11 is 0.